The van der Waals surface area contributed by atoms with E-state index < -0.39 is 29.5 Å². The van der Waals surface area contributed by atoms with Crippen molar-refractivity contribution in [2.45, 2.75) is 44.9 Å². The first-order valence-electron chi connectivity index (χ1n) is 7.45. The number of halogens is 3. The average molecular weight is 312 g/mol. The maximum Gasteiger partial charge on any atom is 0.394 e. The van der Waals surface area contributed by atoms with Crippen LogP contribution in [0.15, 0.2) is 18.2 Å². The smallest absolute Gasteiger partial charge is 0.366 e. The Morgan fingerprint density at radius 1 is 1.41 bits per heavy atom. The minimum Gasteiger partial charge on any atom is -0.366 e. The summed E-state index contributed by atoms with van der Waals surface area (Å²) in [5, 5.41) is 3.00. The standard InChI is InChI=1S/C16H19F3N2O/c1-15(5-2-6-15)13(16(17,18)19)12-11-4-3-9(14(20)22)7-10(11)8-21-12/h3-4,7,12-13,21H,2,5-6,8H2,1H3,(H2,20,22)/t12?,13-/m0/s1. The Kier molecular flexibility index (Phi) is 3.47. The third-order valence-electron chi connectivity index (χ3n) is 5.21. The topological polar surface area (TPSA) is 55.1 Å². The van der Waals surface area contributed by atoms with Crippen molar-refractivity contribution in [2.75, 3.05) is 0 Å². The molecular formula is C16H19F3N2O. The lowest BCUT2D eigenvalue weighted by Gasteiger charge is -2.48. The summed E-state index contributed by atoms with van der Waals surface area (Å²) in [5.74, 6) is -1.97. The number of rotatable bonds is 3. The molecule has 22 heavy (non-hydrogen) atoms. The van der Waals surface area contributed by atoms with Crippen molar-refractivity contribution < 1.29 is 18.0 Å². The summed E-state index contributed by atoms with van der Waals surface area (Å²) in [6, 6.07) is 3.97. The summed E-state index contributed by atoms with van der Waals surface area (Å²) < 4.78 is 41.0. The molecule has 1 unspecified atom stereocenters. The van der Waals surface area contributed by atoms with E-state index in [1.807, 2.05) is 0 Å². The minimum absolute atomic E-state index is 0.333. The van der Waals surface area contributed by atoms with Crippen LogP contribution in [0.3, 0.4) is 0 Å². The van der Waals surface area contributed by atoms with E-state index in [2.05, 4.69) is 5.32 Å². The van der Waals surface area contributed by atoms with Gasteiger partial charge in [0.25, 0.3) is 0 Å². The number of fused-ring (bicyclic) bond motifs is 1. The van der Waals surface area contributed by atoms with Gasteiger partial charge in [-0.25, -0.2) is 0 Å². The lowest BCUT2D eigenvalue weighted by atomic mass is 9.59. The highest BCUT2D eigenvalue weighted by atomic mass is 19.4. The van der Waals surface area contributed by atoms with Crippen LogP contribution in [0.1, 0.15) is 53.7 Å². The van der Waals surface area contributed by atoms with Crippen molar-refractivity contribution >= 4 is 5.91 Å². The van der Waals surface area contributed by atoms with Crippen LogP contribution in [-0.4, -0.2) is 12.1 Å². The van der Waals surface area contributed by atoms with Crippen molar-refractivity contribution in [2.24, 2.45) is 17.1 Å². The van der Waals surface area contributed by atoms with E-state index in [9.17, 15) is 18.0 Å². The summed E-state index contributed by atoms with van der Waals surface area (Å²) in [4.78, 5) is 11.2. The van der Waals surface area contributed by atoms with E-state index in [1.165, 1.54) is 6.07 Å². The fourth-order valence-electron chi connectivity index (χ4n) is 3.87. The molecule has 0 bridgehead atoms. The molecule has 3 nitrogen and oxygen atoms in total. The Morgan fingerprint density at radius 2 is 2.09 bits per heavy atom. The number of carbonyl (C=O) groups excluding carboxylic acids is 1. The second kappa shape index (κ2) is 4.98. The second-order valence-corrected chi connectivity index (χ2v) is 6.66. The Morgan fingerprint density at radius 3 is 2.59 bits per heavy atom. The van der Waals surface area contributed by atoms with Crippen LogP contribution in [0.25, 0.3) is 0 Å². The number of amides is 1. The molecule has 1 heterocycles. The number of carbonyl (C=O) groups is 1. The van der Waals surface area contributed by atoms with Gasteiger partial charge in [-0.2, -0.15) is 13.2 Å². The molecule has 3 rings (SSSR count). The molecule has 2 aliphatic rings. The average Bonchev–Trinajstić information content (AvgIpc) is 2.78. The minimum atomic E-state index is -4.25. The van der Waals surface area contributed by atoms with Gasteiger partial charge in [0.1, 0.15) is 0 Å². The van der Waals surface area contributed by atoms with Crippen LogP contribution in [0.2, 0.25) is 0 Å². The molecule has 6 heteroatoms. The zero-order valence-corrected chi connectivity index (χ0v) is 12.3. The van der Waals surface area contributed by atoms with Crippen LogP contribution >= 0.6 is 0 Å². The first-order valence-corrected chi connectivity index (χ1v) is 7.45. The van der Waals surface area contributed by atoms with Gasteiger partial charge in [0, 0.05) is 18.2 Å². The van der Waals surface area contributed by atoms with Gasteiger partial charge >= 0.3 is 6.18 Å². The third kappa shape index (κ3) is 2.39. The normalized spacial score (nSPS) is 24.5. The summed E-state index contributed by atoms with van der Waals surface area (Å²) in [6.45, 7) is 2.07. The molecule has 2 atom stereocenters. The van der Waals surface area contributed by atoms with Crippen molar-refractivity contribution in [1.82, 2.24) is 5.32 Å². The van der Waals surface area contributed by atoms with E-state index >= 15 is 0 Å². The van der Waals surface area contributed by atoms with Gasteiger partial charge in [-0.15, -0.1) is 0 Å². The number of nitrogens with two attached hydrogens (primary N) is 1. The number of hydrogen-bond donors (Lipinski definition) is 2. The first-order chi connectivity index (χ1) is 10.2. The third-order valence-corrected chi connectivity index (χ3v) is 5.21. The van der Waals surface area contributed by atoms with Crippen molar-refractivity contribution in [3.63, 3.8) is 0 Å². The Hall–Kier alpha value is -1.56. The van der Waals surface area contributed by atoms with E-state index in [4.69, 9.17) is 5.73 Å². The lowest BCUT2D eigenvalue weighted by molar-refractivity contribution is -0.227. The molecule has 0 saturated heterocycles. The number of hydrogen-bond acceptors (Lipinski definition) is 2. The maximum absolute atomic E-state index is 13.7. The quantitative estimate of drug-likeness (QED) is 0.900. The fourth-order valence-corrected chi connectivity index (χ4v) is 3.87. The predicted octanol–water partition coefficient (Wildman–Crippen LogP) is 3.30. The SMILES string of the molecule is CC1([C@H](C2NCc3cc(C(N)=O)ccc32)C(F)(F)F)CCC1. The van der Waals surface area contributed by atoms with Gasteiger partial charge in [0.05, 0.1) is 5.92 Å². The Balaban J connectivity index is 1.98. The van der Waals surface area contributed by atoms with Gasteiger partial charge in [-0.3, -0.25) is 4.79 Å². The number of benzene rings is 1. The highest BCUT2D eigenvalue weighted by Gasteiger charge is 2.57. The second-order valence-electron chi connectivity index (χ2n) is 6.66. The molecule has 1 fully saturated rings. The summed E-state index contributed by atoms with van der Waals surface area (Å²) >= 11 is 0. The predicted molar refractivity (Wildman–Crippen MR) is 76.0 cm³/mol. The van der Waals surface area contributed by atoms with Crippen molar-refractivity contribution in [1.29, 1.82) is 0 Å². The molecule has 1 saturated carbocycles. The largest absolute Gasteiger partial charge is 0.394 e. The molecule has 1 aliphatic carbocycles. The van der Waals surface area contributed by atoms with E-state index in [0.717, 1.165) is 12.0 Å². The zero-order valence-electron chi connectivity index (χ0n) is 12.3. The van der Waals surface area contributed by atoms with Gasteiger partial charge in [0.15, 0.2) is 0 Å². The van der Waals surface area contributed by atoms with E-state index in [1.54, 1.807) is 19.1 Å². The monoisotopic (exact) mass is 312 g/mol. The van der Waals surface area contributed by atoms with Gasteiger partial charge in [-0.05, 0) is 41.5 Å². The van der Waals surface area contributed by atoms with Crippen LogP contribution in [0.5, 0.6) is 0 Å². The number of alkyl halides is 3. The molecule has 1 amide bonds. The summed E-state index contributed by atoms with van der Waals surface area (Å²) in [6.07, 6.45) is -2.20. The molecule has 0 aromatic heterocycles. The summed E-state index contributed by atoms with van der Waals surface area (Å²) in [5.41, 5.74) is 6.23. The molecule has 120 valence electrons. The molecule has 0 radical (unpaired) electrons. The van der Waals surface area contributed by atoms with Crippen molar-refractivity contribution in [3.8, 4) is 0 Å². The zero-order chi connectivity index (χ0) is 16.1. The number of primary amides is 1. The molecule has 3 N–H and O–H groups in total. The Labute approximate surface area is 127 Å². The maximum atomic E-state index is 13.7. The summed E-state index contributed by atoms with van der Waals surface area (Å²) in [7, 11) is 0. The highest BCUT2D eigenvalue weighted by molar-refractivity contribution is 5.93. The molecule has 0 spiro atoms. The lowest BCUT2D eigenvalue weighted by Crippen LogP contribution is -2.48. The first kappa shape index (κ1) is 15.3. The van der Waals surface area contributed by atoms with Gasteiger partial charge < -0.3 is 11.1 Å². The fraction of sp³-hybridized carbons (Fsp3) is 0.562. The van der Waals surface area contributed by atoms with Crippen LogP contribution < -0.4 is 11.1 Å². The Bertz CT molecular complexity index is 608. The molecule has 1 aromatic carbocycles. The van der Waals surface area contributed by atoms with E-state index in [0.29, 0.717) is 30.5 Å². The van der Waals surface area contributed by atoms with Crippen LogP contribution in [-0.2, 0) is 6.54 Å². The van der Waals surface area contributed by atoms with E-state index in [-0.39, 0.29) is 0 Å². The molecular weight excluding hydrogens is 293 g/mol. The molecule has 1 aromatic rings. The highest BCUT2D eigenvalue weighted by Crippen LogP contribution is 2.57. The number of nitrogens with one attached hydrogen (secondary N) is 1. The van der Waals surface area contributed by atoms with Crippen LogP contribution in [0.4, 0.5) is 13.2 Å². The van der Waals surface area contributed by atoms with Gasteiger partial charge in [-0.1, -0.05) is 19.4 Å². The van der Waals surface area contributed by atoms with Crippen molar-refractivity contribution in [3.05, 3.63) is 34.9 Å². The van der Waals surface area contributed by atoms with Crippen LogP contribution in [0, 0.1) is 11.3 Å². The molecule has 1 aliphatic heterocycles. The van der Waals surface area contributed by atoms with Gasteiger partial charge in [0.2, 0.25) is 5.91 Å².